The molecule has 0 radical (unpaired) electrons. The van der Waals surface area contributed by atoms with Crippen LogP contribution in [0.1, 0.15) is 25.3 Å². The van der Waals surface area contributed by atoms with E-state index >= 15 is 0 Å². The lowest BCUT2D eigenvalue weighted by molar-refractivity contribution is -0.137. The number of carboxylic acid groups (broad SMARTS) is 1. The SMILES string of the molecule is CC(CCC(=O)O)N(C)c1cccc(C#N)c1. The minimum absolute atomic E-state index is 0.125. The van der Waals surface area contributed by atoms with E-state index in [2.05, 4.69) is 6.07 Å². The predicted molar refractivity (Wildman–Crippen MR) is 65.9 cm³/mol. The normalized spacial score (nSPS) is 11.6. The maximum atomic E-state index is 10.5. The van der Waals surface area contributed by atoms with Crippen molar-refractivity contribution < 1.29 is 9.90 Å². The molecule has 4 heteroatoms. The second-order valence-electron chi connectivity index (χ2n) is 4.05. The summed E-state index contributed by atoms with van der Waals surface area (Å²) in [4.78, 5) is 12.5. The Morgan fingerprint density at radius 3 is 2.88 bits per heavy atom. The number of carboxylic acids is 1. The van der Waals surface area contributed by atoms with E-state index in [1.54, 1.807) is 12.1 Å². The lowest BCUT2D eigenvalue weighted by atomic mass is 10.1. The number of hydrogen-bond donors (Lipinski definition) is 1. The fraction of sp³-hybridized carbons (Fsp3) is 0.385. The number of benzene rings is 1. The molecule has 17 heavy (non-hydrogen) atoms. The number of nitriles is 1. The van der Waals surface area contributed by atoms with Gasteiger partial charge in [-0.1, -0.05) is 6.07 Å². The number of anilines is 1. The Kier molecular flexibility index (Phi) is 4.53. The van der Waals surface area contributed by atoms with E-state index in [-0.39, 0.29) is 12.5 Å². The molecule has 0 aromatic heterocycles. The van der Waals surface area contributed by atoms with E-state index in [9.17, 15) is 4.79 Å². The molecule has 90 valence electrons. The van der Waals surface area contributed by atoms with Crippen molar-refractivity contribution in [2.24, 2.45) is 0 Å². The Morgan fingerprint density at radius 2 is 2.29 bits per heavy atom. The highest BCUT2D eigenvalue weighted by Crippen LogP contribution is 2.18. The zero-order chi connectivity index (χ0) is 12.8. The van der Waals surface area contributed by atoms with E-state index in [1.807, 2.05) is 31.0 Å². The maximum absolute atomic E-state index is 10.5. The molecule has 0 fully saturated rings. The highest BCUT2D eigenvalue weighted by molar-refractivity contribution is 5.66. The van der Waals surface area contributed by atoms with Crippen molar-refractivity contribution in [2.75, 3.05) is 11.9 Å². The molecule has 0 amide bonds. The van der Waals surface area contributed by atoms with Gasteiger partial charge in [-0.2, -0.15) is 5.26 Å². The third kappa shape index (κ3) is 3.80. The highest BCUT2D eigenvalue weighted by Gasteiger charge is 2.11. The first-order valence-electron chi connectivity index (χ1n) is 5.49. The van der Waals surface area contributed by atoms with E-state index in [4.69, 9.17) is 10.4 Å². The molecule has 0 saturated carbocycles. The van der Waals surface area contributed by atoms with Crippen LogP contribution < -0.4 is 4.90 Å². The van der Waals surface area contributed by atoms with Crippen LogP contribution in [-0.4, -0.2) is 24.2 Å². The number of carbonyl (C=O) groups is 1. The third-order valence-corrected chi connectivity index (χ3v) is 2.82. The summed E-state index contributed by atoms with van der Waals surface area (Å²) in [6, 6.07) is 9.51. The Labute approximate surface area is 101 Å². The summed E-state index contributed by atoms with van der Waals surface area (Å²) >= 11 is 0. The lowest BCUT2D eigenvalue weighted by Gasteiger charge is -2.26. The number of aliphatic carboxylic acids is 1. The van der Waals surface area contributed by atoms with E-state index in [1.165, 1.54) is 0 Å². The van der Waals surface area contributed by atoms with Crippen molar-refractivity contribution in [3.8, 4) is 6.07 Å². The summed E-state index contributed by atoms with van der Waals surface area (Å²) in [5, 5.41) is 17.4. The minimum atomic E-state index is -0.781. The molecule has 1 rings (SSSR count). The first-order valence-corrected chi connectivity index (χ1v) is 5.49. The first kappa shape index (κ1) is 13.0. The molecule has 0 bridgehead atoms. The van der Waals surface area contributed by atoms with Gasteiger partial charge in [-0.05, 0) is 31.5 Å². The zero-order valence-electron chi connectivity index (χ0n) is 10.1. The molecule has 0 saturated heterocycles. The van der Waals surface area contributed by atoms with Gasteiger partial charge >= 0.3 is 5.97 Å². The number of rotatable bonds is 5. The fourth-order valence-corrected chi connectivity index (χ4v) is 1.58. The van der Waals surface area contributed by atoms with Gasteiger partial charge in [0.2, 0.25) is 0 Å². The van der Waals surface area contributed by atoms with Crippen LogP contribution in [0.25, 0.3) is 0 Å². The summed E-state index contributed by atoms with van der Waals surface area (Å²) in [7, 11) is 1.91. The molecule has 1 aromatic rings. The highest BCUT2D eigenvalue weighted by atomic mass is 16.4. The summed E-state index contributed by atoms with van der Waals surface area (Å²) in [6.07, 6.45) is 0.742. The number of hydrogen-bond acceptors (Lipinski definition) is 3. The summed E-state index contributed by atoms with van der Waals surface area (Å²) in [6.45, 7) is 1.97. The molecule has 0 aliphatic carbocycles. The van der Waals surface area contributed by atoms with Crippen LogP contribution in [0.4, 0.5) is 5.69 Å². The molecule has 0 aliphatic rings. The van der Waals surface area contributed by atoms with Crippen molar-refractivity contribution in [1.82, 2.24) is 0 Å². The second-order valence-corrected chi connectivity index (χ2v) is 4.05. The summed E-state index contributed by atoms with van der Waals surface area (Å²) in [5.41, 5.74) is 1.54. The third-order valence-electron chi connectivity index (χ3n) is 2.82. The van der Waals surface area contributed by atoms with Gasteiger partial charge in [0, 0.05) is 25.2 Å². The van der Waals surface area contributed by atoms with Crippen LogP contribution in [-0.2, 0) is 4.79 Å². The molecular weight excluding hydrogens is 216 g/mol. The van der Waals surface area contributed by atoms with Crippen LogP contribution >= 0.6 is 0 Å². The Hall–Kier alpha value is -2.02. The monoisotopic (exact) mass is 232 g/mol. The van der Waals surface area contributed by atoms with E-state index in [0.717, 1.165) is 5.69 Å². The molecule has 0 heterocycles. The largest absolute Gasteiger partial charge is 0.481 e. The van der Waals surface area contributed by atoms with Gasteiger partial charge < -0.3 is 10.0 Å². The minimum Gasteiger partial charge on any atom is -0.481 e. The van der Waals surface area contributed by atoms with E-state index < -0.39 is 5.97 Å². The van der Waals surface area contributed by atoms with Crippen molar-refractivity contribution in [3.63, 3.8) is 0 Å². The van der Waals surface area contributed by atoms with Crippen molar-refractivity contribution in [2.45, 2.75) is 25.8 Å². The van der Waals surface area contributed by atoms with Gasteiger partial charge in [0.25, 0.3) is 0 Å². The van der Waals surface area contributed by atoms with Gasteiger partial charge in [-0.15, -0.1) is 0 Å². The molecule has 1 atom stereocenters. The summed E-state index contributed by atoms with van der Waals surface area (Å²) < 4.78 is 0. The van der Waals surface area contributed by atoms with Crippen LogP contribution in [0.3, 0.4) is 0 Å². The lowest BCUT2D eigenvalue weighted by Crippen LogP contribution is -2.29. The fourth-order valence-electron chi connectivity index (χ4n) is 1.58. The first-order chi connectivity index (χ1) is 8.04. The zero-order valence-corrected chi connectivity index (χ0v) is 10.1. The maximum Gasteiger partial charge on any atom is 0.303 e. The second kappa shape index (κ2) is 5.90. The topological polar surface area (TPSA) is 64.3 Å². The van der Waals surface area contributed by atoms with Gasteiger partial charge in [0.1, 0.15) is 0 Å². The van der Waals surface area contributed by atoms with Gasteiger partial charge in [-0.25, -0.2) is 0 Å². The standard InChI is InChI=1S/C13H16N2O2/c1-10(6-7-13(16)17)15(2)12-5-3-4-11(8-12)9-14/h3-5,8,10H,6-7H2,1-2H3,(H,16,17). The molecule has 1 aromatic carbocycles. The van der Waals surface area contributed by atoms with Crippen molar-refractivity contribution >= 4 is 11.7 Å². The van der Waals surface area contributed by atoms with Gasteiger partial charge in [-0.3, -0.25) is 4.79 Å². The molecule has 4 nitrogen and oxygen atoms in total. The molecule has 1 N–H and O–H groups in total. The predicted octanol–water partition coefficient (Wildman–Crippen LogP) is 2.25. The van der Waals surface area contributed by atoms with Gasteiger partial charge in [0.05, 0.1) is 11.6 Å². The molecular formula is C13H16N2O2. The van der Waals surface area contributed by atoms with Crippen LogP contribution in [0.5, 0.6) is 0 Å². The van der Waals surface area contributed by atoms with Crippen LogP contribution in [0.2, 0.25) is 0 Å². The van der Waals surface area contributed by atoms with Crippen LogP contribution in [0, 0.1) is 11.3 Å². The van der Waals surface area contributed by atoms with Gasteiger partial charge in [0.15, 0.2) is 0 Å². The van der Waals surface area contributed by atoms with Crippen LogP contribution in [0.15, 0.2) is 24.3 Å². The smallest absolute Gasteiger partial charge is 0.303 e. The molecule has 1 unspecified atom stereocenters. The van der Waals surface area contributed by atoms with Crippen molar-refractivity contribution in [1.29, 1.82) is 5.26 Å². The Bertz CT molecular complexity index is 437. The average Bonchev–Trinajstić information content (AvgIpc) is 2.35. The summed E-state index contributed by atoms with van der Waals surface area (Å²) in [5.74, 6) is -0.781. The van der Waals surface area contributed by atoms with Crippen molar-refractivity contribution in [3.05, 3.63) is 29.8 Å². The number of nitrogens with zero attached hydrogens (tertiary/aromatic N) is 2. The Morgan fingerprint density at radius 1 is 1.59 bits per heavy atom. The molecule has 0 aliphatic heterocycles. The Balaban J connectivity index is 2.71. The average molecular weight is 232 g/mol. The molecule has 0 spiro atoms. The quantitative estimate of drug-likeness (QED) is 0.845. The van der Waals surface area contributed by atoms with E-state index in [0.29, 0.717) is 12.0 Å².